The van der Waals surface area contributed by atoms with Crippen LogP contribution in [0.4, 0.5) is 24.5 Å². The van der Waals surface area contributed by atoms with Gasteiger partial charge >= 0.3 is 6.18 Å². The van der Waals surface area contributed by atoms with Gasteiger partial charge in [-0.05, 0) is 17.7 Å². The van der Waals surface area contributed by atoms with Crippen LogP contribution < -0.4 is 5.32 Å². The molecule has 0 fully saturated rings. The molecule has 0 radical (unpaired) electrons. The van der Waals surface area contributed by atoms with E-state index in [1.165, 1.54) is 6.20 Å². The Morgan fingerprint density at radius 1 is 1.29 bits per heavy atom. The van der Waals surface area contributed by atoms with Gasteiger partial charge in [-0.1, -0.05) is 6.07 Å². The normalized spacial score (nSPS) is 11.2. The first-order valence-corrected chi connectivity index (χ1v) is 5.86. The molecule has 1 aromatic carbocycles. The molecule has 110 valence electrons. The number of aromatic nitrogens is 1. The molecule has 0 aliphatic heterocycles. The fourth-order valence-electron chi connectivity index (χ4n) is 1.73. The van der Waals surface area contributed by atoms with Crippen LogP contribution in [0.1, 0.15) is 11.1 Å². The Morgan fingerprint density at radius 3 is 2.62 bits per heavy atom. The molecule has 8 heteroatoms. The third kappa shape index (κ3) is 3.68. The molecule has 1 aromatic heterocycles. The van der Waals surface area contributed by atoms with Crippen LogP contribution in [0.25, 0.3) is 0 Å². The highest BCUT2D eigenvalue weighted by molar-refractivity contribution is 5.57. The number of nitro groups is 1. The summed E-state index contributed by atoms with van der Waals surface area (Å²) in [5.41, 5.74) is -1.18. The van der Waals surface area contributed by atoms with Crippen molar-refractivity contribution >= 4 is 11.4 Å². The standard InChI is InChI=1S/C13H10F3N3O2/c14-13(15,16)11-6-10(19(20)21)3-4-12(11)18-8-9-2-1-5-17-7-9/h1-7,18H,8H2. The molecular weight excluding hydrogens is 287 g/mol. The van der Waals surface area contributed by atoms with Crippen LogP contribution in [0.15, 0.2) is 42.7 Å². The number of hydrogen-bond donors (Lipinski definition) is 1. The van der Waals surface area contributed by atoms with Gasteiger partial charge in [-0.15, -0.1) is 0 Å². The van der Waals surface area contributed by atoms with E-state index in [-0.39, 0.29) is 12.2 Å². The van der Waals surface area contributed by atoms with Gasteiger partial charge in [-0.25, -0.2) is 0 Å². The smallest absolute Gasteiger partial charge is 0.380 e. The SMILES string of the molecule is O=[N+]([O-])c1ccc(NCc2cccnc2)c(C(F)(F)F)c1. The quantitative estimate of drug-likeness (QED) is 0.691. The average Bonchev–Trinajstić information content (AvgIpc) is 2.45. The van der Waals surface area contributed by atoms with Crippen molar-refractivity contribution in [1.82, 2.24) is 4.98 Å². The van der Waals surface area contributed by atoms with Crippen molar-refractivity contribution < 1.29 is 18.1 Å². The molecule has 0 bridgehead atoms. The minimum Gasteiger partial charge on any atom is -0.380 e. The topological polar surface area (TPSA) is 68.1 Å². The Morgan fingerprint density at radius 2 is 2.05 bits per heavy atom. The second-order valence-corrected chi connectivity index (χ2v) is 4.20. The van der Waals surface area contributed by atoms with Gasteiger partial charge in [0.2, 0.25) is 0 Å². The predicted octanol–water partition coefficient (Wildman–Crippen LogP) is 3.62. The minimum absolute atomic E-state index is 0.134. The summed E-state index contributed by atoms with van der Waals surface area (Å²) < 4.78 is 38.8. The summed E-state index contributed by atoms with van der Waals surface area (Å²) in [6.45, 7) is 0.134. The molecule has 0 spiro atoms. The average molecular weight is 297 g/mol. The van der Waals surface area contributed by atoms with Gasteiger partial charge < -0.3 is 5.32 Å². The Kier molecular flexibility index (Phi) is 4.06. The van der Waals surface area contributed by atoms with Gasteiger partial charge in [0.1, 0.15) is 0 Å². The monoisotopic (exact) mass is 297 g/mol. The van der Waals surface area contributed by atoms with Crippen molar-refractivity contribution in [2.75, 3.05) is 5.32 Å². The molecule has 0 unspecified atom stereocenters. The first-order chi connectivity index (χ1) is 9.88. The zero-order chi connectivity index (χ0) is 15.5. The van der Waals surface area contributed by atoms with Gasteiger partial charge in [-0.3, -0.25) is 15.1 Å². The van der Waals surface area contributed by atoms with E-state index in [1.54, 1.807) is 18.3 Å². The van der Waals surface area contributed by atoms with Crippen molar-refractivity contribution in [3.8, 4) is 0 Å². The second-order valence-electron chi connectivity index (χ2n) is 4.20. The van der Waals surface area contributed by atoms with Gasteiger partial charge in [0, 0.05) is 36.8 Å². The lowest BCUT2D eigenvalue weighted by molar-refractivity contribution is -0.385. The molecular formula is C13H10F3N3O2. The van der Waals surface area contributed by atoms with E-state index in [4.69, 9.17) is 0 Å². The highest BCUT2D eigenvalue weighted by atomic mass is 19.4. The van der Waals surface area contributed by atoms with E-state index in [0.717, 1.165) is 12.1 Å². The zero-order valence-corrected chi connectivity index (χ0v) is 10.6. The first kappa shape index (κ1) is 14.8. The van der Waals surface area contributed by atoms with Crippen LogP contribution in [0, 0.1) is 10.1 Å². The number of nitrogens with zero attached hydrogens (tertiary/aromatic N) is 2. The Hall–Kier alpha value is -2.64. The molecule has 21 heavy (non-hydrogen) atoms. The lowest BCUT2D eigenvalue weighted by Gasteiger charge is -2.14. The number of rotatable bonds is 4. The number of nitro benzene ring substituents is 1. The van der Waals surface area contributed by atoms with Crippen LogP contribution >= 0.6 is 0 Å². The molecule has 0 aliphatic rings. The maximum absolute atomic E-state index is 12.9. The van der Waals surface area contributed by atoms with Crippen molar-refractivity contribution in [3.63, 3.8) is 0 Å². The van der Waals surface area contributed by atoms with E-state index in [0.29, 0.717) is 11.6 Å². The minimum atomic E-state index is -4.68. The third-order valence-electron chi connectivity index (χ3n) is 2.73. The number of alkyl halides is 3. The van der Waals surface area contributed by atoms with E-state index in [9.17, 15) is 23.3 Å². The van der Waals surface area contributed by atoms with Crippen molar-refractivity contribution in [2.45, 2.75) is 12.7 Å². The van der Waals surface area contributed by atoms with E-state index >= 15 is 0 Å². The Bertz CT molecular complexity index is 645. The number of anilines is 1. The number of non-ortho nitro benzene ring substituents is 1. The van der Waals surface area contributed by atoms with E-state index < -0.39 is 22.4 Å². The molecule has 2 rings (SSSR count). The maximum Gasteiger partial charge on any atom is 0.418 e. The summed E-state index contributed by atoms with van der Waals surface area (Å²) in [6, 6.07) is 5.97. The van der Waals surface area contributed by atoms with E-state index in [1.807, 2.05) is 0 Å². The summed E-state index contributed by atoms with van der Waals surface area (Å²) in [5.74, 6) is 0. The van der Waals surface area contributed by atoms with Crippen LogP contribution in [-0.2, 0) is 12.7 Å². The summed E-state index contributed by atoms with van der Waals surface area (Å²) in [7, 11) is 0. The van der Waals surface area contributed by atoms with Crippen molar-refractivity contribution in [1.29, 1.82) is 0 Å². The van der Waals surface area contributed by atoms with E-state index in [2.05, 4.69) is 10.3 Å². The van der Waals surface area contributed by atoms with Crippen molar-refractivity contribution in [2.24, 2.45) is 0 Å². The molecule has 0 amide bonds. The highest BCUT2D eigenvalue weighted by Crippen LogP contribution is 2.37. The summed E-state index contributed by atoms with van der Waals surface area (Å²) >= 11 is 0. The number of hydrogen-bond acceptors (Lipinski definition) is 4. The number of benzene rings is 1. The predicted molar refractivity (Wildman–Crippen MR) is 69.7 cm³/mol. The van der Waals surface area contributed by atoms with Crippen LogP contribution in [0.2, 0.25) is 0 Å². The lowest BCUT2D eigenvalue weighted by atomic mass is 10.1. The highest BCUT2D eigenvalue weighted by Gasteiger charge is 2.35. The molecule has 0 saturated heterocycles. The number of nitrogens with one attached hydrogen (secondary N) is 1. The largest absolute Gasteiger partial charge is 0.418 e. The molecule has 2 aromatic rings. The van der Waals surface area contributed by atoms with Gasteiger partial charge in [-0.2, -0.15) is 13.2 Å². The second kappa shape index (κ2) is 5.78. The summed E-state index contributed by atoms with van der Waals surface area (Å²) in [4.78, 5) is 13.6. The fourth-order valence-corrected chi connectivity index (χ4v) is 1.73. The zero-order valence-electron chi connectivity index (χ0n) is 10.6. The molecule has 0 aliphatic carbocycles. The summed E-state index contributed by atoms with van der Waals surface area (Å²) in [6.07, 6.45) is -1.61. The van der Waals surface area contributed by atoms with Crippen LogP contribution in [0.5, 0.6) is 0 Å². The molecule has 0 atom stereocenters. The molecule has 1 N–H and O–H groups in total. The number of pyridine rings is 1. The maximum atomic E-state index is 12.9. The van der Waals surface area contributed by atoms with Gasteiger partial charge in [0.15, 0.2) is 0 Å². The molecule has 1 heterocycles. The first-order valence-electron chi connectivity index (χ1n) is 5.86. The van der Waals surface area contributed by atoms with Crippen LogP contribution in [-0.4, -0.2) is 9.91 Å². The summed E-state index contributed by atoms with van der Waals surface area (Å²) in [5, 5.41) is 13.2. The van der Waals surface area contributed by atoms with Crippen molar-refractivity contribution in [3.05, 3.63) is 64.0 Å². The number of halogens is 3. The fraction of sp³-hybridized carbons (Fsp3) is 0.154. The molecule has 0 saturated carbocycles. The van der Waals surface area contributed by atoms with Crippen LogP contribution in [0.3, 0.4) is 0 Å². The Balaban J connectivity index is 2.28. The Labute approximate surface area is 117 Å². The van der Waals surface area contributed by atoms with Gasteiger partial charge in [0.25, 0.3) is 5.69 Å². The molecule has 5 nitrogen and oxygen atoms in total. The lowest BCUT2D eigenvalue weighted by Crippen LogP contribution is -2.11. The third-order valence-corrected chi connectivity index (χ3v) is 2.73. The van der Waals surface area contributed by atoms with Gasteiger partial charge in [0.05, 0.1) is 10.5 Å².